The highest BCUT2D eigenvalue weighted by Gasteiger charge is 2.08. The molecule has 0 bridgehead atoms. The van der Waals surface area contributed by atoms with E-state index in [-0.39, 0.29) is 5.91 Å². The molecule has 2 N–H and O–H groups in total. The van der Waals surface area contributed by atoms with Gasteiger partial charge in [0, 0.05) is 44.1 Å². The molecule has 0 aliphatic rings. The Balaban J connectivity index is 1.92. The standard InChI is InChI=1S/C18H23N3O3/c1-23-11-5-9-19-17-12-14(8-10-20-17)18(22)21-13-15-6-3-4-7-16(15)24-2/h3-4,6-8,10,12H,5,9,11,13H2,1-2H3,(H,19,20)(H,21,22). The van der Waals surface area contributed by atoms with E-state index in [0.29, 0.717) is 24.5 Å². The Morgan fingerprint density at radius 2 is 2.04 bits per heavy atom. The van der Waals surface area contributed by atoms with E-state index in [0.717, 1.165) is 24.3 Å². The highest BCUT2D eigenvalue weighted by molar-refractivity contribution is 5.94. The lowest BCUT2D eigenvalue weighted by Crippen LogP contribution is -2.23. The first-order chi connectivity index (χ1) is 11.7. The summed E-state index contributed by atoms with van der Waals surface area (Å²) in [6.07, 6.45) is 2.50. The molecule has 0 radical (unpaired) electrons. The smallest absolute Gasteiger partial charge is 0.251 e. The van der Waals surface area contributed by atoms with E-state index in [1.54, 1.807) is 32.5 Å². The normalized spacial score (nSPS) is 10.2. The lowest BCUT2D eigenvalue weighted by Gasteiger charge is -2.10. The molecule has 2 rings (SSSR count). The lowest BCUT2D eigenvalue weighted by atomic mass is 10.2. The van der Waals surface area contributed by atoms with Crippen molar-refractivity contribution in [2.24, 2.45) is 0 Å². The molecule has 0 saturated carbocycles. The summed E-state index contributed by atoms with van der Waals surface area (Å²) in [4.78, 5) is 16.5. The molecule has 0 atom stereocenters. The number of amides is 1. The molecule has 1 amide bonds. The van der Waals surface area contributed by atoms with Crippen molar-refractivity contribution >= 4 is 11.7 Å². The molecule has 1 heterocycles. The summed E-state index contributed by atoms with van der Waals surface area (Å²) >= 11 is 0. The van der Waals surface area contributed by atoms with E-state index in [2.05, 4.69) is 15.6 Å². The molecule has 1 aromatic heterocycles. The number of aromatic nitrogens is 1. The van der Waals surface area contributed by atoms with Crippen LogP contribution in [0.25, 0.3) is 0 Å². The zero-order valence-electron chi connectivity index (χ0n) is 14.0. The Morgan fingerprint density at radius 1 is 1.21 bits per heavy atom. The van der Waals surface area contributed by atoms with Gasteiger partial charge in [-0.15, -0.1) is 0 Å². The highest BCUT2D eigenvalue weighted by Crippen LogP contribution is 2.17. The lowest BCUT2D eigenvalue weighted by molar-refractivity contribution is 0.0950. The third-order valence-corrected chi connectivity index (χ3v) is 3.49. The molecular formula is C18H23N3O3. The Bertz CT molecular complexity index is 661. The number of nitrogens with one attached hydrogen (secondary N) is 2. The first kappa shape index (κ1) is 17.7. The van der Waals surface area contributed by atoms with E-state index in [1.165, 1.54) is 0 Å². The fourth-order valence-corrected chi connectivity index (χ4v) is 2.23. The van der Waals surface area contributed by atoms with Gasteiger partial charge in [0.2, 0.25) is 0 Å². The summed E-state index contributed by atoms with van der Waals surface area (Å²) < 4.78 is 10.3. The topological polar surface area (TPSA) is 72.5 Å². The van der Waals surface area contributed by atoms with Crippen LogP contribution in [-0.4, -0.2) is 38.3 Å². The van der Waals surface area contributed by atoms with Crippen molar-refractivity contribution in [1.82, 2.24) is 10.3 Å². The summed E-state index contributed by atoms with van der Waals surface area (Å²) in [6.45, 7) is 1.83. The van der Waals surface area contributed by atoms with Gasteiger partial charge in [-0.25, -0.2) is 4.98 Å². The van der Waals surface area contributed by atoms with Gasteiger partial charge >= 0.3 is 0 Å². The van der Waals surface area contributed by atoms with Crippen LogP contribution in [0.15, 0.2) is 42.6 Å². The Kier molecular flexibility index (Phi) is 7.04. The van der Waals surface area contributed by atoms with Gasteiger partial charge in [-0.1, -0.05) is 18.2 Å². The predicted molar refractivity (Wildman–Crippen MR) is 93.4 cm³/mol. The van der Waals surface area contributed by atoms with Crippen molar-refractivity contribution in [3.8, 4) is 5.75 Å². The van der Waals surface area contributed by atoms with Gasteiger partial charge in [0.15, 0.2) is 0 Å². The third-order valence-electron chi connectivity index (χ3n) is 3.49. The molecule has 0 saturated heterocycles. The number of para-hydroxylation sites is 1. The number of rotatable bonds is 9. The number of ether oxygens (including phenoxy) is 2. The highest BCUT2D eigenvalue weighted by atomic mass is 16.5. The van der Waals surface area contributed by atoms with Crippen LogP contribution in [0.4, 0.5) is 5.82 Å². The van der Waals surface area contributed by atoms with Crippen LogP contribution in [0.5, 0.6) is 5.75 Å². The van der Waals surface area contributed by atoms with Crippen molar-refractivity contribution in [1.29, 1.82) is 0 Å². The van der Waals surface area contributed by atoms with Gasteiger partial charge in [0.25, 0.3) is 5.91 Å². The van der Waals surface area contributed by atoms with Crippen LogP contribution in [-0.2, 0) is 11.3 Å². The average molecular weight is 329 g/mol. The molecule has 0 aliphatic heterocycles. The van der Waals surface area contributed by atoms with E-state index in [9.17, 15) is 4.79 Å². The SMILES string of the molecule is COCCCNc1cc(C(=O)NCc2ccccc2OC)ccn1. The summed E-state index contributed by atoms with van der Waals surface area (Å²) in [5.41, 5.74) is 1.49. The summed E-state index contributed by atoms with van der Waals surface area (Å²) in [5, 5.41) is 6.07. The van der Waals surface area contributed by atoms with E-state index < -0.39 is 0 Å². The number of anilines is 1. The minimum Gasteiger partial charge on any atom is -0.496 e. The second-order valence-corrected chi connectivity index (χ2v) is 5.20. The maximum Gasteiger partial charge on any atom is 0.251 e. The van der Waals surface area contributed by atoms with Crippen LogP contribution in [0.1, 0.15) is 22.3 Å². The average Bonchev–Trinajstić information content (AvgIpc) is 2.63. The van der Waals surface area contributed by atoms with Crippen molar-refractivity contribution in [3.63, 3.8) is 0 Å². The summed E-state index contributed by atoms with van der Waals surface area (Å²) in [6, 6.07) is 11.0. The number of methoxy groups -OCH3 is 2. The number of hydrogen-bond acceptors (Lipinski definition) is 5. The van der Waals surface area contributed by atoms with Crippen molar-refractivity contribution in [3.05, 3.63) is 53.7 Å². The van der Waals surface area contributed by atoms with Gasteiger partial charge in [-0.3, -0.25) is 4.79 Å². The van der Waals surface area contributed by atoms with Crippen LogP contribution >= 0.6 is 0 Å². The molecule has 24 heavy (non-hydrogen) atoms. The molecule has 1 aromatic carbocycles. The number of pyridine rings is 1. The van der Waals surface area contributed by atoms with Crippen LogP contribution in [0, 0.1) is 0 Å². The molecule has 0 fully saturated rings. The van der Waals surface area contributed by atoms with E-state index in [1.807, 2.05) is 24.3 Å². The molecule has 6 heteroatoms. The molecule has 128 valence electrons. The molecule has 0 unspecified atom stereocenters. The van der Waals surface area contributed by atoms with Crippen molar-refractivity contribution < 1.29 is 14.3 Å². The first-order valence-electron chi connectivity index (χ1n) is 7.83. The monoisotopic (exact) mass is 329 g/mol. The van der Waals surface area contributed by atoms with Crippen LogP contribution in [0.2, 0.25) is 0 Å². The number of carbonyl (C=O) groups is 1. The minimum absolute atomic E-state index is 0.150. The van der Waals surface area contributed by atoms with Crippen molar-refractivity contribution in [2.75, 3.05) is 32.7 Å². The summed E-state index contributed by atoms with van der Waals surface area (Å²) in [5.74, 6) is 1.28. The zero-order chi connectivity index (χ0) is 17.2. The van der Waals surface area contributed by atoms with Crippen LogP contribution < -0.4 is 15.4 Å². The van der Waals surface area contributed by atoms with Gasteiger partial charge in [-0.2, -0.15) is 0 Å². The number of nitrogens with zero attached hydrogens (tertiary/aromatic N) is 1. The molecule has 0 spiro atoms. The van der Waals surface area contributed by atoms with Crippen LogP contribution in [0.3, 0.4) is 0 Å². The van der Waals surface area contributed by atoms with Gasteiger partial charge in [0.1, 0.15) is 11.6 Å². The van der Waals surface area contributed by atoms with E-state index in [4.69, 9.17) is 9.47 Å². The Hall–Kier alpha value is -2.60. The first-order valence-corrected chi connectivity index (χ1v) is 7.83. The molecule has 0 aliphatic carbocycles. The molecule has 6 nitrogen and oxygen atoms in total. The van der Waals surface area contributed by atoms with Gasteiger partial charge in [-0.05, 0) is 24.6 Å². The van der Waals surface area contributed by atoms with Gasteiger partial charge < -0.3 is 20.1 Å². The number of carbonyl (C=O) groups excluding carboxylic acids is 1. The third kappa shape index (κ3) is 5.24. The molecule has 2 aromatic rings. The minimum atomic E-state index is -0.150. The maximum atomic E-state index is 12.3. The fourth-order valence-electron chi connectivity index (χ4n) is 2.23. The van der Waals surface area contributed by atoms with E-state index >= 15 is 0 Å². The zero-order valence-corrected chi connectivity index (χ0v) is 14.0. The predicted octanol–water partition coefficient (Wildman–Crippen LogP) is 2.47. The summed E-state index contributed by atoms with van der Waals surface area (Å²) in [7, 11) is 3.29. The fraction of sp³-hybridized carbons (Fsp3) is 0.333. The largest absolute Gasteiger partial charge is 0.496 e. The van der Waals surface area contributed by atoms with Gasteiger partial charge in [0.05, 0.1) is 7.11 Å². The Labute approximate surface area is 142 Å². The number of benzene rings is 1. The second-order valence-electron chi connectivity index (χ2n) is 5.20. The quantitative estimate of drug-likeness (QED) is 0.692. The number of hydrogen-bond donors (Lipinski definition) is 2. The second kappa shape index (κ2) is 9.52. The Morgan fingerprint density at radius 3 is 2.83 bits per heavy atom. The van der Waals surface area contributed by atoms with Crippen molar-refractivity contribution in [2.45, 2.75) is 13.0 Å². The molecular weight excluding hydrogens is 306 g/mol. The maximum absolute atomic E-state index is 12.3.